The van der Waals surface area contributed by atoms with Crippen LogP contribution in [0.4, 0.5) is 28.4 Å². The van der Waals surface area contributed by atoms with Crippen LogP contribution in [-0.2, 0) is 20.2 Å². The number of nitrogens with zero attached hydrogens (tertiary/aromatic N) is 4. The average Bonchev–Trinajstić information content (AvgIpc) is 2.91. The summed E-state index contributed by atoms with van der Waals surface area (Å²) in [5.74, 6) is 0. The topological polar surface area (TPSA) is 184 Å². The van der Waals surface area contributed by atoms with Gasteiger partial charge in [0, 0.05) is 27.2 Å². The highest BCUT2D eigenvalue weighted by atomic mass is 32.2. The average molecular weight is 562 g/mol. The van der Waals surface area contributed by atoms with Crippen molar-refractivity contribution in [3.05, 3.63) is 91.0 Å². The van der Waals surface area contributed by atoms with Gasteiger partial charge in [-0.05, 0) is 54.6 Å². The quantitative estimate of drug-likeness (QED) is 0.114. The molecule has 0 spiro atoms. The Kier molecular flexibility index (Phi) is 6.66. The number of azo groups is 2. The van der Waals surface area contributed by atoms with Crippen LogP contribution in [0.15, 0.2) is 121 Å². The zero-order chi connectivity index (χ0) is 27.8. The molecule has 0 fully saturated rings. The molecular weight excluding hydrogens is 542 g/mol. The molecule has 0 heterocycles. The Balaban J connectivity index is 1.53. The molecule has 5 aromatic carbocycles. The van der Waals surface area contributed by atoms with Gasteiger partial charge >= 0.3 is 0 Å². The second kappa shape index (κ2) is 9.96. The van der Waals surface area contributed by atoms with Gasteiger partial charge in [0.25, 0.3) is 20.2 Å². The molecule has 0 saturated carbocycles. The van der Waals surface area contributed by atoms with E-state index in [4.69, 9.17) is 10.3 Å². The van der Waals surface area contributed by atoms with E-state index >= 15 is 0 Å². The normalized spacial score (nSPS) is 12.7. The van der Waals surface area contributed by atoms with Gasteiger partial charge in [0.05, 0.1) is 27.6 Å². The third kappa shape index (κ3) is 5.37. The SMILES string of the molecule is Nc1ccc(/N=N/c2ccc(/N=N/c3ccc(S(=O)(=O)O)cc3)c3ccccc23)c2cccc(S(=O)(=O)O)c12. The van der Waals surface area contributed by atoms with Crippen molar-refractivity contribution in [2.75, 3.05) is 5.73 Å². The largest absolute Gasteiger partial charge is 0.398 e. The molecule has 0 saturated heterocycles. The molecule has 0 aliphatic rings. The molecule has 11 nitrogen and oxygen atoms in total. The maximum Gasteiger partial charge on any atom is 0.295 e. The van der Waals surface area contributed by atoms with Crippen molar-refractivity contribution in [2.24, 2.45) is 20.5 Å². The lowest BCUT2D eigenvalue weighted by Gasteiger charge is -2.09. The molecular formula is C26H19N5O6S2. The first-order valence-electron chi connectivity index (χ1n) is 11.2. The molecule has 5 aromatic rings. The minimum atomic E-state index is -4.51. The summed E-state index contributed by atoms with van der Waals surface area (Å²) in [6, 6.07) is 23.5. The number of benzene rings is 5. The van der Waals surface area contributed by atoms with Gasteiger partial charge in [-0.25, -0.2) is 0 Å². The third-order valence-electron chi connectivity index (χ3n) is 5.84. The first-order chi connectivity index (χ1) is 18.5. The van der Waals surface area contributed by atoms with Crippen molar-refractivity contribution in [2.45, 2.75) is 9.79 Å². The van der Waals surface area contributed by atoms with E-state index in [0.717, 1.165) is 10.8 Å². The van der Waals surface area contributed by atoms with Crippen molar-refractivity contribution < 1.29 is 25.9 Å². The van der Waals surface area contributed by atoms with Crippen LogP contribution in [0.3, 0.4) is 0 Å². The van der Waals surface area contributed by atoms with Crippen molar-refractivity contribution in [1.82, 2.24) is 0 Å². The summed E-state index contributed by atoms with van der Waals surface area (Å²) in [6.07, 6.45) is 0. The summed E-state index contributed by atoms with van der Waals surface area (Å²) in [5.41, 5.74) is 7.96. The van der Waals surface area contributed by atoms with Gasteiger partial charge in [-0.15, -0.1) is 15.3 Å². The molecule has 0 bridgehead atoms. The predicted molar refractivity (Wildman–Crippen MR) is 147 cm³/mol. The Hall–Kier alpha value is -4.56. The molecule has 5 rings (SSSR count). The third-order valence-corrected chi connectivity index (χ3v) is 7.60. The van der Waals surface area contributed by atoms with Gasteiger partial charge in [-0.1, -0.05) is 36.4 Å². The number of anilines is 1. The maximum absolute atomic E-state index is 11.9. The fourth-order valence-electron chi connectivity index (χ4n) is 4.03. The molecule has 4 N–H and O–H groups in total. The number of nitrogen functional groups attached to an aromatic ring is 1. The van der Waals surface area contributed by atoms with Crippen LogP contribution in [-0.4, -0.2) is 25.9 Å². The van der Waals surface area contributed by atoms with Crippen LogP contribution in [0.2, 0.25) is 0 Å². The molecule has 0 unspecified atom stereocenters. The van der Waals surface area contributed by atoms with Crippen molar-refractivity contribution in [3.8, 4) is 0 Å². The monoisotopic (exact) mass is 561 g/mol. The van der Waals surface area contributed by atoms with Crippen molar-refractivity contribution >= 4 is 70.2 Å². The van der Waals surface area contributed by atoms with E-state index in [9.17, 15) is 21.4 Å². The molecule has 0 aromatic heterocycles. The minimum Gasteiger partial charge on any atom is -0.398 e. The zero-order valence-corrected chi connectivity index (χ0v) is 21.5. The van der Waals surface area contributed by atoms with Crippen LogP contribution in [0, 0.1) is 0 Å². The fourth-order valence-corrected chi connectivity index (χ4v) is 5.25. The number of fused-ring (bicyclic) bond motifs is 2. The number of nitrogens with two attached hydrogens (primary N) is 1. The summed E-state index contributed by atoms with van der Waals surface area (Å²) in [4.78, 5) is -0.563. The number of hydrogen-bond donors (Lipinski definition) is 3. The van der Waals surface area contributed by atoms with Gasteiger partial charge in [0.1, 0.15) is 4.90 Å². The number of hydrogen-bond acceptors (Lipinski definition) is 9. The highest BCUT2D eigenvalue weighted by Crippen LogP contribution is 2.38. The molecule has 0 aliphatic heterocycles. The molecule has 0 radical (unpaired) electrons. The predicted octanol–water partition coefficient (Wildman–Crippen LogP) is 6.90. The van der Waals surface area contributed by atoms with Gasteiger partial charge < -0.3 is 5.73 Å². The van der Waals surface area contributed by atoms with Gasteiger partial charge in [0.15, 0.2) is 0 Å². The lowest BCUT2D eigenvalue weighted by molar-refractivity contribution is 0.481. The zero-order valence-electron chi connectivity index (χ0n) is 19.9. The van der Waals surface area contributed by atoms with Crippen LogP contribution in [0.5, 0.6) is 0 Å². The Labute approximate surface area is 222 Å². The van der Waals surface area contributed by atoms with Gasteiger partial charge in [-0.2, -0.15) is 21.9 Å². The number of rotatable bonds is 6. The first kappa shape index (κ1) is 26.1. The summed E-state index contributed by atoms with van der Waals surface area (Å²) in [6.45, 7) is 0. The first-order valence-corrected chi connectivity index (χ1v) is 14.1. The lowest BCUT2D eigenvalue weighted by atomic mass is 10.1. The lowest BCUT2D eigenvalue weighted by Crippen LogP contribution is -2.01. The van der Waals surface area contributed by atoms with Crippen LogP contribution < -0.4 is 5.73 Å². The smallest absolute Gasteiger partial charge is 0.295 e. The van der Waals surface area contributed by atoms with Crippen molar-refractivity contribution in [3.63, 3.8) is 0 Å². The van der Waals surface area contributed by atoms with E-state index in [1.54, 1.807) is 24.3 Å². The highest BCUT2D eigenvalue weighted by molar-refractivity contribution is 7.86. The van der Waals surface area contributed by atoms with E-state index in [0.29, 0.717) is 28.1 Å². The molecule has 13 heteroatoms. The van der Waals surface area contributed by atoms with E-state index < -0.39 is 20.2 Å². The fraction of sp³-hybridized carbons (Fsp3) is 0. The standard InChI is InChI=1S/C26H19N5O6S2/c27-21-12-13-24(20-6-3-7-25(26(20)21)39(35,36)37)31-30-23-15-14-22(18-4-1-2-5-19(18)23)29-28-16-8-10-17(11-9-16)38(32,33)34/h1-15H,27H2,(H,32,33,34)(H,35,36,37)/b29-28+,31-30+. The second-order valence-corrected chi connectivity index (χ2v) is 11.2. The summed E-state index contributed by atoms with van der Waals surface area (Å²) >= 11 is 0. The molecule has 0 aliphatic carbocycles. The molecule has 196 valence electrons. The van der Waals surface area contributed by atoms with E-state index in [-0.39, 0.29) is 20.9 Å². The van der Waals surface area contributed by atoms with E-state index in [2.05, 4.69) is 20.5 Å². The Morgan fingerprint density at radius 3 is 1.62 bits per heavy atom. The minimum absolute atomic E-state index is 0.154. The van der Waals surface area contributed by atoms with Crippen LogP contribution in [0.1, 0.15) is 0 Å². The van der Waals surface area contributed by atoms with E-state index in [1.165, 1.54) is 42.5 Å². The Morgan fingerprint density at radius 1 is 0.538 bits per heavy atom. The molecule has 0 atom stereocenters. The van der Waals surface area contributed by atoms with Gasteiger partial charge in [0.2, 0.25) is 0 Å². The molecule has 39 heavy (non-hydrogen) atoms. The summed E-state index contributed by atoms with van der Waals surface area (Å²) in [7, 11) is -8.82. The van der Waals surface area contributed by atoms with Gasteiger partial charge in [-0.3, -0.25) is 9.11 Å². The van der Waals surface area contributed by atoms with Crippen molar-refractivity contribution in [1.29, 1.82) is 0 Å². The maximum atomic E-state index is 11.9. The highest BCUT2D eigenvalue weighted by Gasteiger charge is 2.17. The summed E-state index contributed by atoms with van der Waals surface area (Å²) in [5, 5.41) is 19.2. The second-order valence-electron chi connectivity index (χ2n) is 8.35. The van der Waals surface area contributed by atoms with Crippen LogP contribution in [0.25, 0.3) is 21.5 Å². The summed E-state index contributed by atoms with van der Waals surface area (Å²) < 4.78 is 64.9. The van der Waals surface area contributed by atoms with Crippen LogP contribution >= 0.6 is 0 Å². The Bertz CT molecular complexity index is 2020. The molecule has 0 amide bonds. The van der Waals surface area contributed by atoms with E-state index in [1.807, 2.05) is 24.3 Å². The Morgan fingerprint density at radius 2 is 1.05 bits per heavy atom.